The molecule has 0 aliphatic heterocycles. The zero-order chi connectivity index (χ0) is 28.2. The molecule has 2 bridgehead atoms. The number of aliphatic hydroxyl groups is 1. The Morgan fingerprint density at radius 3 is 2.00 bits per heavy atom. The third kappa shape index (κ3) is 4.93. The summed E-state index contributed by atoms with van der Waals surface area (Å²) in [4.78, 5) is 65.2. The highest BCUT2D eigenvalue weighted by Crippen LogP contribution is 2.58. The molecule has 0 amide bonds. The minimum absolute atomic E-state index is 0.00107. The van der Waals surface area contributed by atoms with Gasteiger partial charge in [-0.2, -0.15) is 0 Å². The van der Waals surface area contributed by atoms with Crippen molar-refractivity contribution in [1.82, 2.24) is 0 Å². The van der Waals surface area contributed by atoms with Gasteiger partial charge in [0.1, 0.15) is 17.3 Å². The maximum absolute atomic E-state index is 13.2. The molecule has 0 aromatic heterocycles. The first-order valence-electron chi connectivity index (χ1n) is 11.8. The lowest BCUT2D eigenvalue weighted by Gasteiger charge is -2.55. The number of hydrogen-bond donors (Lipinski definition) is 1. The summed E-state index contributed by atoms with van der Waals surface area (Å²) in [6.07, 6.45) is 2.52. The Morgan fingerprint density at radius 1 is 0.868 bits per heavy atom. The monoisotopic (exact) mass is 530 g/mol. The number of methoxy groups -OCH3 is 4. The molecule has 6 atom stereocenters. The molecule has 0 spiro atoms. The molecule has 0 saturated heterocycles. The Hall–Kier alpha value is -3.99. The molecule has 1 aromatic carbocycles. The quantitative estimate of drug-likeness (QED) is 0.310. The van der Waals surface area contributed by atoms with E-state index in [1.165, 1.54) is 6.08 Å². The van der Waals surface area contributed by atoms with Gasteiger partial charge < -0.3 is 28.8 Å². The van der Waals surface area contributed by atoms with Gasteiger partial charge in [0.15, 0.2) is 0 Å². The molecule has 0 radical (unpaired) electrons. The molecule has 1 saturated carbocycles. The number of ether oxygens (including phenoxy) is 5. The lowest BCUT2D eigenvalue weighted by molar-refractivity contribution is -0.212. The summed E-state index contributed by atoms with van der Waals surface area (Å²) < 4.78 is 25.2. The number of benzene rings is 1. The van der Waals surface area contributed by atoms with Crippen LogP contribution in [0.2, 0.25) is 0 Å². The van der Waals surface area contributed by atoms with Crippen molar-refractivity contribution in [2.24, 2.45) is 29.6 Å². The van der Waals surface area contributed by atoms with Crippen molar-refractivity contribution in [1.29, 1.82) is 0 Å². The van der Waals surface area contributed by atoms with Crippen molar-refractivity contribution in [2.45, 2.75) is 18.9 Å². The van der Waals surface area contributed by atoms with Gasteiger partial charge >= 0.3 is 29.8 Å². The highest BCUT2D eigenvalue weighted by Gasteiger charge is 2.71. The highest BCUT2D eigenvalue weighted by atomic mass is 16.6. The number of carbonyl (C=O) groups excluding carboxylic acids is 5. The highest BCUT2D eigenvalue weighted by molar-refractivity contribution is 5.97. The topological polar surface area (TPSA) is 152 Å². The van der Waals surface area contributed by atoms with E-state index < -0.39 is 70.8 Å². The SMILES string of the molecule is COC(=O)C1=C(OC(=O)/C=C/c2ccccc2)C(C(=O)OC)C2(O)C(C(=O)OC)C(C)CC1C2C(=O)OC. The van der Waals surface area contributed by atoms with E-state index in [9.17, 15) is 29.1 Å². The van der Waals surface area contributed by atoms with Crippen molar-refractivity contribution in [3.8, 4) is 0 Å². The summed E-state index contributed by atoms with van der Waals surface area (Å²) in [6, 6.07) is 8.78. The minimum Gasteiger partial charge on any atom is -0.469 e. The van der Waals surface area contributed by atoms with Gasteiger partial charge in [0.05, 0.1) is 45.8 Å². The summed E-state index contributed by atoms with van der Waals surface area (Å²) in [5, 5.41) is 12.2. The maximum Gasteiger partial charge on any atom is 0.337 e. The van der Waals surface area contributed by atoms with Gasteiger partial charge in [-0.25, -0.2) is 9.59 Å². The van der Waals surface area contributed by atoms with E-state index in [-0.39, 0.29) is 12.0 Å². The van der Waals surface area contributed by atoms with Gasteiger partial charge in [0.25, 0.3) is 0 Å². The van der Waals surface area contributed by atoms with E-state index in [0.29, 0.717) is 5.56 Å². The summed E-state index contributed by atoms with van der Waals surface area (Å²) in [7, 11) is 4.25. The summed E-state index contributed by atoms with van der Waals surface area (Å²) in [5.74, 6) is -12.4. The molecule has 3 rings (SSSR count). The van der Waals surface area contributed by atoms with Crippen LogP contribution in [-0.4, -0.2) is 69.0 Å². The van der Waals surface area contributed by atoms with Gasteiger partial charge in [-0.05, 0) is 24.0 Å². The van der Waals surface area contributed by atoms with Crippen LogP contribution in [0.25, 0.3) is 6.08 Å². The van der Waals surface area contributed by atoms with Crippen LogP contribution in [0.5, 0.6) is 0 Å². The van der Waals surface area contributed by atoms with Crippen LogP contribution in [0, 0.1) is 29.6 Å². The fourth-order valence-corrected chi connectivity index (χ4v) is 5.62. The molecule has 11 heteroatoms. The van der Waals surface area contributed by atoms with Gasteiger partial charge in [-0.1, -0.05) is 37.3 Å². The number of carbonyl (C=O) groups is 5. The molecule has 38 heavy (non-hydrogen) atoms. The second-order valence-electron chi connectivity index (χ2n) is 9.10. The largest absolute Gasteiger partial charge is 0.469 e. The fraction of sp³-hybridized carbons (Fsp3) is 0.444. The van der Waals surface area contributed by atoms with Crippen molar-refractivity contribution in [2.75, 3.05) is 28.4 Å². The molecule has 11 nitrogen and oxygen atoms in total. The molecule has 0 heterocycles. The van der Waals surface area contributed by atoms with Crippen LogP contribution in [0.1, 0.15) is 18.9 Å². The van der Waals surface area contributed by atoms with Gasteiger partial charge in [-0.3, -0.25) is 14.4 Å². The minimum atomic E-state index is -2.54. The van der Waals surface area contributed by atoms with Crippen LogP contribution in [0.4, 0.5) is 0 Å². The van der Waals surface area contributed by atoms with Crippen molar-refractivity contribution >= 4 is 35.9 Å². The van der Waals surface area contributed by atoms with Crippen LogP contribution >= 0.6 is 0 Å². The average Bonchev–Trinajstić information content (AvgIpc) is 2.91. The van der Waals surface area contributed by atoms with Crippen LogP contribution in [0.15, 0.2) is 47.7 Å². The van der Waals surface area contributed by atoms with Crippen LogP contribution in [-0.2, 0) is 47.7 Å². The van der Waals surface area contributed by atoms with E-state index in [0.717, 1.165) is 34.5 Å². The third-order valence-electron chi connectivity index (χ3n) is 7.13. The zero-order valence-corrected chi connectivity index (χ0v) is 21.7. The smallest absolute Gasteiger partial charge is 0.337 e. The lowest BCUT2D eigenvalue weighted by Crippen LogP contribution is -2.68. The summed E-state index contributed by atoms with van der Waals surface area (Å²) in [6.45, 7) is 1.61. The Bertz CT molecular complexity index is 1170. The van der Waals surface area contributed by atoms with Crippen molar-refractivity contribution in [3.63, 3.8) is 0 Å². The second-order valence-corrected chi connectivity index (χ2v) is 9.10. The Morgan fingerprint density at radius 2 is 1.45 bits per heavy atom. The van der Waals surface area contributed by atoms with E-state index in [1.54, 1.807) is 37.3 Å². The van der Waals surface area contributed by atoms with Crippen molar-refractivity contribution < 1.29 is 52.8 Å². The number of esters is 5. The Labute approximate surface area is 219 Å². The zero-order valence-electron chi connectivity index (χ0n) is 21.7. The molecule has 1 N–H and O–H groups in total. The van der Waals surface area contributed by atoms with Crippen LogP contribution in [0.3, 0.4) is 0 Å². The normalized spacial score (nSPS) is 28.3. The Kier molecular flexibility index (Phi) is 8.72. The predicted molar refractivity (Wildman–Crippen MR) is 129 cm³/mol. The first-order valence-corrected chi connectivity index (χ1v) is 11.8. The van der Waals surface area contributed by atoms with E-state index >= 15 is 0 Å². The van der Waals surface area contributed by atoms with Gasteiger partial charge in [0, 0.05) is 12.0 Å². The van der Waals surface area contributed by atoms with E-state index in [2.05, 4.69) is 0 Å². The molecule has 2 aliphatic carbocycles. The molecule has 1 fully saturated rings. The summed E-state index contributed by atoms with van der Waals surface area (Å²) in [5.41, 5.74) is -2.17. The number of fused-ring (bicyclic) bond motifs is 2. The second kappa shape index (κ2) is 11.6. The standard InChI is InChI=1S/C27H30O11/c1-14-13-16-18(23(29)34-2)22(38-17(28)12-11-15-9-7-6-8-10-15)21(26(32)37-5)27(33,19(14)24(30)35-3)20(16)25(31)36-4/h6-12,14,16,19-21,33H,13H2,1-5H3/b12-11+. The van der Waals surface area contributed by atoms with E-state index in [4.69, 9.17) is 23.7 Å². The molecular weight excluding hydrogens is 500 g/mol. The Balaban J connectivity index is 2.28. The molecule has 204 valence electrons. The third-order valence-corrected chi connectivity index (χ3v) is 7.13. The first kappa shape index (κ1) is 28.6. The molecular formula is C27H30O11. The molecule has 6 unspecified atom stereocenters. The molecule has 2 aliphatic rings. The van der Waals surface area contributed by atoms with Gasteiger partial charge in [0.2, 0.25) is 0 Å². The van der Waals surface area contributed by atoms with Crippen LogP contribution < -0.4 is 0 Å². The fourth-order valence-electron chi connectivity index (χ4n) is 5.62. The first-order chi connectivity index (χ1) is 18.1. The lowest BCUT2D eigenvalue weighted by atomic mass is 9.50. The van der Waals surface area contributed by atoms with Gasteiger partial charge in [-0.15, -0.1) is 0 Å². The molecule has 1 aromatic rings. The van der Waals surface area contributed by atoms with E-state index in [1.807, 2.05) is 0 Å². The maximum atomic E-state index is 13.2. The number of hydrogen-bond acceptors (Lipinski definition) is 11. The summed E-state index contributed by atoms with van der Waals surface area (Å²) >= 11 is 0. The average molecular weight is 531 g/mol. The predicted octanol–water partition coefficient (Wildman–Crippen LogP) is 1.44. The number of rotatable bonds is 7. The van der Waals surface area contributed by atoms with Crippen molar-refractivity contribution in [3.05, 3.63) is 53.3 Å².